The molecule has 8 heteroatoms. The van der Waals surface area contributed by atoms with E-state index in [0.717, 1.165) is 44.2 Å². The van der Waals surface area contributed by atoms with E-state index in [9.17, 15) is 9.59 Å². The predicted molar refractivity (Wildman–Crippen MR) is 120 cm³/mol. The summed E-state index contributed by atoms with van der Waals surface area (Å²) in [5.74, 6) is 1.20. The normalized spacial score (nSPS) is 17.8. The second-order valence-electron chi connectivity index (χ2n) is 8.45. The number of methoxy groups -OCH3 is 1. The molecule has 1 aromatic carbocycles. The maximum Gasteiger partial charge on any atom is 0.339 e. The van der Waals surface area contributed by atoms with Gasteiger partial charge in [-0.15, -0.1) is 0 Å². The topological polar surface area (TPSA) is 84.1 Å². The fourth-order valence-electron chi connectivity index (χ4n) is 4.53. The Labute approximate surface area is 188 Å². The van der Waals surface area contributed by atoms with E-state index in [-0.39, 0.29) is 11.8 Å². The van der Waals surface area contributed by atoms with Crippen LogP contribution in [0.4, 0.5) is 0 Å². The Hall–Kier alpha value is -2.84. The minimum Gasteiger partial charge on any atom is -0.486 e. The van der Waals surface area contributed by atoms with Crippen LogP contribution in [0.2, 0.25) is 0 Å². The van der Waals surface area contributed by atoms with Gasteiger partial charge in [0.15, 0.2) is 17.3 Å². The molecule has 1 N–H and O–H groups in total. The Kier molecular flexibility index (Phi) is 6.53. The number of fused-ring (bicyclic) bond motifs is 1. The monoisotopic (exact) mass is 441 g/mol. The molecule has 1 saturated heterocycles. The molecule has 2 aromatic rings. The van der Waals surface area contributed by atoms with Crippen LogP contribution >= 0.6 is 0 Å². The van der Waals surface area contributed by atoms with E-state index in [0.29, 0.717) is 35.7 Å². The highest BCUT2D eigenvalue weighted by Crippen LogP contribution is 2.31. The number of H-pyrrole nitrogens is 1. The zero-order valence-electron chi connectivity index (χ0n) is 19.2. The molecule has 2 aliphatic heterocycles. The molecule has 0 amide bonds. The molecule has 1 fully saturated rings. The van der Waals surface area contributed by atoms with Gasteiger partial charge in [-0.1, -0.05) is 6.07 Å². The number of esters is 1. The standard InChI is InChI=1S/C24H31N3O5/c1-15-21(24(29)30-4)16(2)25-22(15)23(28)17(3)27-9-7-26(8-10-27)14-18-5-6-19-20(13-18)32-12-11-31-19/h5-6,13,17,25H,7-12,14H2,1-4H3/t17-/m1/s1. The Balaban J connectivity index is 1.36. The van der Waals surface area contributed by atoms with Gasteiger partial charge in [-0.05, 0) is 44.0 Å². The molecular weight excluding hydrogens is 410 g/mol. The zero-order chi connectivity index (χ0) is 22.8. The van der Waals surface area contributed by atoms with Crippen LogP contribution < -0.4 is 9.47 Å². The fourth-order valence-corrected chi connectivity index (χ4v) is 4.53. The average molecular weight is 442 g/mol. The number of Topliss-reactive ketones (excluding diaryl/α,β-unsaturated/α-hetero) is 1. The Bertz CT molecular complexity index is 1010. The molecule has 1 atom stereocenters. The molecule has 8 nitrogen and oxygen atoms in total. The lowest BCUT2D eigenvalue weighted by Gasteiger charge is -2.37. The number of nitrogens with zero attached hydrogens (tertiary/aromatic N) is 2. The molecule has 172 valence electrons. The van der Waals surface area contributed by atoms with Crippen molar-refractivity contribution < 1.29 is 23.8 Å². The number of hydrogen-bond donors (Lipinski definition) is 1. The average Bonchev–Trinajstić information content (AvgIpc) is 3.11. The van der Waals surface area contributed by atoms with E-state index in [1.807, 2.05) is 13.0 Å². The number of aryl methyl sites for hydroxylation is 1. The maximum atomic E-state index is 13.2. The highest BCUT2D eigenvalue weighted by molar-refractivity contribution is 6.03. The number of carbonyl (C=O) groups excluding carboxylic acids is 2. The molecule has 2 aliphatic rings. The molecule has 0 saturated carbocycles. The lowest BCUT2D eigenvalue weighted by atomic mass is 10.0. The van der Waals surface area contributed by atoms with Gasteiger partial charge in [-0.2, -0.15) is 0 Å². The van der Waals surface area contributed by atoms with Crippen LogP contribution in [0.25, 0.3) is 0 Å². The Morgan fingerprint density at radius 3 is 2.47 bits per heavy atom. The lowest BCUT2D eigenvalue weighted by Crippen LogP contribution is -2.51. The maximum absolute atomic E-state index is 13.2. The lowest BCUT2D eigenvalue weighted by molar-refractivity contribution is 0.0599. The van der Waals surface area contributed by atoms with Gasteiger partial charge in [-0.3, -0.25) is 14.6 Å². The van der Waals surface area contributed by atoms with Crippen LogP contribution in [0.3, 0.4) is 0 Å². The van der Waals surface area contributed by atoms with Gasteiger partial charge >= 0.3 is 5.97 Å². The molecule has 0 spiro atoms. The van der Waals surface area contributed by atoms with Crippen molar-refractivity contribution in [3.63, 3.8) is 0 Å². The Morgan fingerprint density at radius 1 is 1.09 bits per heavy atom. The number of rotatable bonds is 6. The summed E-state index contributed by atoms with van der Waals surface area (Å²) in [6, 6.07) is 5.85. The number of ether oxygens (including phenoxy) is 3. The number of hydrogen-bond acceptors (Lipinski definition) is 7. The first kappa shape index (κ1) is 22.4. The molecule has 32 heavy (non-hydrogen) atoms. The second kappa shape index (κ2) is 9.34. The third kappa shape index (κ3) is 4.38. The second-order valence-corrected chi connectivity index (χ2v) is 8.45. The van der Waals surface area contributed by atoms with E-state index >= 15 is 0 Å². The molecule has 0 unspecified atom stereocenters. The summed E-state index contributed by atoms with van der Waals surface area (Å²) in [7, 11) is 1.35. The quantitative estimate of drug-likeness (QED) is 0.545. The Morgan fingerprint density at radius 2 is 1.78 bits per heavy atom. The van der Waals surface area contributed by atoms with E-state index in [1.54, 1.807) is 13.8 Å². The summed E-state index contributed by atoms with van der Waals surface area (Å²) in [6.07, 6.45) is 0. The highest BCUT2D eigenvalue weighted by atomic mass is 16.6. The predicted octanol–water partition coefficient (Wildman–Crippen LogP) is 2.58. The smallest absolute Gasteiger partial charge is 0.339 e. The number of benzene rings is 1. The third-order valence-corrected chi connectivity index (χ3v) is 6.42. The van der Waals surface area contributed by atoms with Crippen molar-refractivity contribution in [2.75, 3.05) is 46.5 Å². The molecule has 1 aromatic heterocycles. The number of piperazine rings is 1. The molecule has 0 bridgehead atoms. The van der Waals surface area contributed by atoms with Crippen LogP contribution in [0, 0.1) is 13.8 Å². The number of aromatic amines is 1. The van der Waals surface area contributed by atoms with Gasteiger partial charge in [-0.25, -0.2) is 4.79 Å². The molecular formula is C24H31N3O5. The first-order valence-corrected chi connectivity index (χ1v) is 11.1. The highest BCUT2D eigenvalue weighted by Gasteiger charge is 2.30. The first-order chi connectivity index (χ1) is 15.4. The minimum absolute atomic E-state index is 0.000962. The third-order valence-electron chi connectivity index (χ3n) is 6.42. The number of aromatic nitrogens is 1. The summed E-state index contributed by atoms with van der Waals surface area (Å²) in [6.45, 7) is 10.9. The van der Waals surface area contributed by atoms with E-state index in [2.05, 4.69) is 26.9 Å². The fraction of sp³-hybridized carbons (Fsp3) is 0.500. The van der Waals surface area contributed by atoms with Crippen LogP contribution in [0.1, 0.15) is 44.6 Å². The molecule has 3 heterocycles. The van der Waals surface area contributed by atoms with Crippen molar-refractivity contribution in [3.05, 3.63) is 46.3 Å². The van der Waals surface area contributed by atoms with Crippen molar-refractivity contribution in [2.45, 2.75) is 33.4 Å². The summed E-state index contributed by atoms with van der Waals surface area (Å²) in [4.78, 5) is 32.9. The van der Waals surface area contributed by atoms with Gasteiger partial charge < -0.3 is 19.2 Å². The van der Waals surface area contributed by atoms with E-state index < -0.39 is 5.97 Å². The van der Waals surface area contributed by atoms with Gasteiger partial charge in [0.05, 0.1) is 24.4 Å². The van der Waals surface area contributed by atoms with Gasteiger partial charge in [0.2, 0.25) is 0 Å². The SMILES string of the molecule is COC(=O)c1c(C)[nH]c(C(=O)[C@@H](C)N2CCN(Cc3ccc4c(c3)OCCO4)CC2)c1C. The van der Waals surface area contributed by atoms with Crippen LogP contribution in [0.15, 0.2) is 18.2 Å². The number of ketones is 1. The van der Waals surface area contributed by atoms with Crippen LogP contribution in [0.5, 0.6) is 11.5 Å². The largest absolute Gasteiger partial charge is 0.486 e. The summed E-state index contributed by atoms with van der Waals surface area (Å²) < 4.78 is 16.1. The zero-order valence-corrected chi connectivity index (χ0v) is 19.2. The molecule has 0 aliphatic carbocycles. The van der Waals surface area contributed by atoms with Gasteiger partial charge in [0, 0.05) is 38.4 Å². The molecule has 0 radical (unpaired) electrons. The van der Waals surface area contributed by atoms with Gasteiger partial charge in [0.25, 0.3) is 0 Å². The van der Waals surface area contributed by atoms with Crippen LogP contribution in [-0.4, -0.2) is 79.1 Å². The number of nitrogens with one attached hydrogen (secondary N) is 1. The first-order valence-electron chi connectivity index (χ1n) is 11.1. The van der Waals surface area contributed by atoms with Crippen molar-refractivity contribution >= 4 is 11.8 Å². The van der Waals surface area contributed by atoms with Crippen molar-refractivity contribution in [1.82, 2.24) is 14.8 Å². The summed E-state index contributed by atoms with van der Waals surface area (Å²) in [5, 5.41) is 0. The number of carbonyl (C=O) groups is 2. The van der Waals surface area contributed by atoms with Crippen LogP contribution in [-0.2, 0) is 11.3 Å². The summed E-state index contributed by atoms with van der Waals surface area (Å²) in [5.41, 5.74) is 3.46. The minimum atomic E-state index is -0.421. The van der Waals surface area contributed by atoms with Crippen molar-refractivity contribution in [2.24, 2.45) is 0 Å². The summed E-state index contributed by atoms with van der Waals surface area (Å²) >= 11 is 0. The van der Waals surface area contributed by atoms with Gasteiger partial charge in [0.1, 0.15) is 13.2 Å². The van der Waals surface area contributed by atoms with Crippen molar-refractivity contribution in [3.8, 4) is 11.5 Å². The van der Waals surface area contributed by atoms with E-state index in [1.165, 1.54) is 12.7 Å². The molecule has 4 rings (SSSR count). The van der Waals surface area contributed by atoms with E-state index in [4.69, 9.17) is 14.2 Å². The van der Waals surface area contributed by atoms with Crippen molar-refractivity contribution in [1.29, 1.82) is 0 Å².